The Hall–Kier alpha value is -1.05. The van der Waals surface area contributed by atoms with Gasteiger partial charge in [0.15, 0.2) is 5.16 Å². The number of thioether (sulfide) groups is 1. The second kappa shape index (κ2) is 8.41. The molecule has 2 rings (SSSR count). The van der Waals surface area contributed by atoms with E-state index in [-0.39, 0.29) is 0 Å². The van der Waals surface area contributed by atoms with E-state index in [0.29, 0.717) is 5.82 Å². The number of rotatable bonds is 7. The van der Waals surface area contributed by atoms with Gasteiger partial charge in [0, 0.05) is 25.2 Å². The molecule has 2 heterocycles. The van der Waals surface area contributed by atoms with Crippen LogP contribution in [0.2, 0.25) is 0 Å². The molecule has 1 aromatic rings. The normalized spacial score (nSPS) is 19.5. The van der Waals surface area contributed by atoms with Gasteiger partial charge in [0.1, 0.15) is 11.6 Å². The van der Waals surface area contributed by atoms with Gasteiger partial charge in [-0.25, -0.2) is 15.8 Å². The van der Waals surface area contributed by atoms with E-state index in [4.69, 9.17) is 5.84 Å². The quantitative estimate of drug-likeness (QED) is 0.234. The number of hydrazine groups is 1. The number of anilines is 2. The number of nitrogens with one attached hydrogen (secondary N) is 2. The van der Waals surface area contributed by atoms with Crippen LogP contribution >= 0.6 is 11.8 Å². The fourth-order valence-corrected chi connectivity index (χ4v) is 3.05. The molecule has 0 amide bonds. The first-order chi connectivity index (χ1) is 10.2. The number of nitrogen functional groups attached to an aromatic ring is 1. The van der Waals surface area contributed by atoms with E-state index in [9.17, 15) is 0 Å². The molecule has 0 spiro atoms. The van der Waals surface area contributed by atoms with Crippen LogP contribution in [-0.4, -0.2) is 46.8 Å². The molecule has 0 aliphatic carbocycles. The van der Waals surface area contributed by atoms with Crippen LogP contribution in [0.15, 0.2) is 11.2 Å². The minimum absolute atomic E-state index is 0.640. The van der Waals surface area contributed by atoms with Crippen LogP contribution in [0.5, 0.6) is 0 Å². The molecule has 0 aromatic carbocycles. The monoisotopic (exact) mass is 310 g/mol. The molecular formula is C14H26N6S. The van der Waals surface area contributed by atoms with Crippen LogP contribution in [-0.2, 0) is 0 Å². The first kappa shape index (κ1) is 16.3. The number of nitrogens with two attached hydrogens (primary N) is 1. The lowest BCUT2D eigenvalue weighted by Gasteiger charge is -2.33. The Morgan fingerprint density at radius 2 is 2.19 bits per heavy atom. The number of hydrogen-bond donors (Lipinski definition) is 3. The Labute approximate surface area is 131 Å². The van der Waals surface area contributed by atoms with E-state index < -0.39 is 0 Å². The summed E-state index contributed by atoms with van der Waals surface area (Å²) in [5, 5.41) is 4.08. The summed E-state index contributed by atoms with van der Waals surface area (Å²) in [7, 11) is 0. The molecule has 1 unspecified atom stereocenters. The molecule has 1 aliphatic rings. The minimum atomic E-state index is 0.640. The Morgan fingerprint density at radius 1 is 1.38 bits per heavy atom. The van der Waals surface area contributed by atoms with E-state index in [2.05, 4.69) is 32.5 Å². The maximum atomic E-state index is 5.43. The molecule has 6 nitrogen and oxygen atoms in total. The highest BCUT2D eigenvalue weighted by Gasteiger charge is 2.17. The zero-order chi connectivity index (χ0) is 15.1. The highest BCUT2D eigenvalue weighted by atomic mass is 32.2. The zero-order valence-electron chi connectivity index (χ0n) is 12.9. The maximum Gasteiger partial charge on any atom is 0.191 e. The number of nitrogens with zero attached hydrogens (tertiary/aromatic N) is 3. The molecule has 1 aliphatic heterocycles. The average Bonchev–Trinajstić information content (AvgIpc) is 2.52. The molecule has 0 bridgehead atoms. The second-order valence-corrected chi connectivity index (χ2v) is 6.20. The number of piperidine rings is 1. The van der Waals surface area contributed by atoms with Crippen molar-refractivity contribution in [3.8, 4) is 0 Å². The molecule has 1 saturated heterocycles. The molecule has 1 atom stereocenters. The molecule has 4 N–H and O–H groups in total. The van der Waals surface area contributed by atoms with Crippen molar-refractivity contribution in [1.29, 1.82) is 0 Å². The fraction of sp³-hybridized carbons (Fsp3) is 0.714. The SMILES string of the molecule is CSc1nc(NN)cc(NCCCN2CCCCC2C)n1. The maximum absolute atomic E-state index is 5.43. The summed E-state index contributed by atoms with van der Waals surface area (Å²) < 4.78 is 0. The van der Waals surface area contributed by atoms with Crippen LogP contribution in [0.4, 0.5) is 11.6 Å². The van der Waals surface area contributed by atoms with E-state index >= 15 is 0 Å². The topological polar surface area (TPSA) is 79.1 Å². The lowest BCUT2D eigenvalue weighted by Crippen LogP contribution is -2.38. The summed E-state index contributed by atoms with van der Waals surface area (Å²) in [5.41, 5.74) is 2.58. The van der Waals surface area contributed by atoms with Crippen molar-refractivity contribution in [2.24, 2.45) is 5.84 Å². The van der Waals surface area contributed by atoms with Gasteiger partial charge in [-0.15, -0.1) is 0 Å². The van der Waals surface area contributed by atoms with Gasteiger partial charge in [-0.1, -0.05) is 18.2 Å². The summed E-state index contributed by atoms with van der Waals surface area (Å²) >= 11 is 1.51. The van der Waals surface area contributed by atoms with Crippen LogP contribution in [0.25, 0.3) is 0 Å². The third-order valence-electron chi connectivity index (χ3n) is 3.90. The molecular weight excluding hydrogens is 284 g/mol. The number of hydrogen-bond acceptors (Lipinski definition) is 7. The standard InChI is InChI=1S/C14H26N6S/c1-11-6-3-4-8-20(11)9-5-7-16-12-10-13(19-15)18-14(17-12)21-2/h10-11H,3-9,15H2,1-2H3,(H2,16,17,18,19). The lowest BCUT2D eigenvalue weighted by atomic mass is 10.0. The van der Waals surface area contributed by atoms with Crippen molar-refractivity contribution in [3.05, 3.63) is 6.07 Å². The molecule has 21 heavy (non-hydrogen) atoms. The van der Waals surface area contributed by atoms with E-state index in [1.807, 2.05) is 12.3 Å². The van der Waals surface area contributed by atoms with Crippen molar-refractivity contribution in [3.63, 3.8) is 0 Å². The van der Waals surface area contributed by atoms with Crippen molar-refractivity contribution in [2.75, 3.05) is 36.6 Å². The van der Waals surface area contributed by atoms with Gasteiger partial charge in [-0.3, -0.25) is 0 Å². The number of aromatic nitrogens is 2. The van der Waals surface area contributed by atoms with E-state index in [1.54, 1.807) is 0 Å². The molecule has 118 valence electrons. The van der Waals surface area contributed by atoms with Crippen LogP contribution in [0, 0.1) is 0 Å². The third-order valence-corrected chi connectivity index (χ3v) is 4.45. The van der Waals surface area contributed by atoms with Gasteiger partial charge >= 0.3 is 0 Å². The molecule has 1 aromatic heterocycles. The van der Waals surface area contributed by atoms with Crippen molar-refractivity contribution in [1.82, 2.24) is 14.9 Å². The van der Waals surface area contributed by atoms with Crippen LogP contribution in [0.1, 0.15) is 32.6 Å². The molecule has 7 heteroatoms. The highest BCUT2D eigenvalue weighted by molar-refractivity contribution is 7.98. The summed E-state index contributed by atoms with van der Waals surface area (Å²) in [6, 6.07) is 2.57. The van der Waals surface area contributed by atoms with Gasteiger partial charge in [0.25, 0.3) is 0 Å². The van der Waals surface area contributed by atoms with Crippen LogP contribution < -0.4 is 16.6 Å². The summed E-state index contributed by atoms with van der Waals surface area (Å²) in [6.45, 7) is 5.64. The summed E-state index contributed by atoms with van der Waals surface area (Å²) in [6.07, 6.45) is 7.13. The lowest BCUT2D eigenvalue weighted by molar-refractivity contribution is 0.160. The first-order valence-corrected chi connectivity index (χ1v) is 8.83. The van der Waals surface area contributed by atoms with Gasteiger partial charge in [-0.05, 0) is 39.0 Å². The fourth-order valence-electron chi connectivity index (χ4n) is 2.67. The molecule has 0 radical (unpaired) electrons. The molecule has 0 saturated carbocycles. The largest absolute Gasteiger partial charge is 0.370 e. The van der Waals surface area contributed by atoms with E-state index in [0.717, 1.165) is 36.5 Å². The second-order valence-electron chi connectivity index (χ2n) is 5.43. The average molecular weight is 310 g/mol. The Balaban J connectivity index is 1.77. The third kappa shape index (κ3) is 5.01. The molecule has 1 fully saturated rings. The highest BCUT2D eigenvalue weighted by Crippen LogP contribution is 2.18. The van der Waals surface area contributed by atoms with E-state index in [1.165, 1.54) is 37.6 Å². The van der Waals surface area contributed by atoms with Gasteiger partial charge < -0.3 is 15.6 Å². The van der Waals surface area contributed by atoms with Crippen molar-refractivity contribution in [2.45, 2.75) is 43.8 Å². The Kier molecular flexibility index (Phi) is 6.53. The van der Waals surface area contributed by atoms with Gasteiger partial charge in [0.05, 0.1) is 0 Å². The smallest absolute Gasteiger partial charge is 0.191 e. The predicted molar refractivity (Wildman–Crippen MR) is 89.6 cm³/mol. The zero-order valence-corrected chi connectivity index (χ0v) is 13.7. The van der Waals surface area contributed by atoms with Crippen molar-refractivity contribution < 1.29 is 0 Å². The van der Waals surface area contributed by atoms with Gasteiger partial charge in [0.2, 0.25) is 0 Å². The predicted octanol–water partition coefficient (Wildman–Crippen LogP) is 2.16. The Morgan fingerprint density at radius 3 is 2.90 bits per heavy atom. The number of likely N-dealkylation sites (tertiary alicyclic amines) is 1. The van der Waals surface area contributed by atoms with Crippen molar-refractivity contribution >= 4 is 23.4 Å². The van der Waals surface area contributed by atoms with Crippen LogP contribution in [0.3, 0.4) is 0 Å². The summed E-state index contributed by atoms with van der Waals surface area (Å²) in [4.78, 5) is 11.3. The minimum Gasteiger partial charge on any atom is -0.370 e. The first-order valence-electron chi connectivity index (χ1n) is 7.60. The Bertz CT molecular complexity index is 419. The van der Waals surface area contributed by atoms with Gasteiger partial charge in [-0.2, -0.15) is 0 Å². The summed E-state index contributed by atoms with van der Waals surface area (Å²) in [5.74, 6) is 6.89.